The third kappa shape index (κ3) is 5.34. The number of alkyl halides is 3. The van der Waals surface area contributed by atoms with Crippen LogP contribution in [0.4, 0.5) is 24.5 Å². The maximum Gasteiger partial charge on any atom is 0.416 e. The van der Waals surface area contributed by atoms with E-state index < -0.39 is 17.6 Å². The molecule has 1 fully saturated rings. The van der Waals surface area contributed by atoms with E-state index in [9.17, 15) is 22.8 Å². The minimum atomic E-state index is -4.48. The summed E-state index contributed by atoms with van der Waals surface area (Å²) >= 11 is 0. The van der Waals surface area contributed by atoms with E-state index in [0.29, 0.717) is 18.0 Å². The second-order valence-electron chi connectivity index (χ2n) is 7.02. The number of amides is 2. The lowest BCUT2D eigenvalue weighted by molar-refractivity contribution is -0.137. The molecule has 3 rings (SSSR count). The van der Waals surface area contributed by atoms with E-state index in [4.69, 9.17) is 0 Å². The highest BCUT2D eigenvalue weighted by atomic mass is 19.4. The number of carbonyl (C=O) groups is 2. The number of benzene rings is 2. The molecule has 0 saturated heterocycles. The molecular weight excluding hydrogens is 369 g/mol. The van der Waals surface area contributed by atoms with Gasteiger partial charge in [0.05, 0.1) is 5.56 Å². The first kappa shape index (κ1) is 19.9. The van der Waals surface area contributed by atoms with E-state index in [2.05, 4.69) is 10.6 Å². The van der Waals surface area contributed by atoms with Gasteiger partial charge in [-0.1, -0.05) is 25.0 Å². The van der Waals surface area contributed by atoms with E-state index in [1.54, 1.807) is 12.1 Å². The van der Waals surface area contributed by atoms with Gasteiger partial charge in [0.15, 0.2) is 0 Å². The molecule has 0 atom stereocenters. The van der Waals surface area contributed by atoms with Crippen molar-refractivity contribution in [3.63, 3.8) is 0 Å². The lowest BCUT2D eigenvalue weighted by Crippen LogP contribution is -2.16. The minimum absolute atomic E-state index is 0.0514. The highest BCUT2D eigenvalue weighted by Gasteiger charge is 2.30. The maximum absolute atomic E-state index is 12.8. The summed E-state index contributed by atoms with van der Waals surface area (Å²) in [4.78, 5) is 24.5. The Morgan fingerprint density at radius 2 is 1.57 bits per heavy atom. The lowest BCUT2D eigenvalue weighted by atomic mass is 10.0. The van der Waals surface area contributed by atoms with Crippen molar-refractivity contribution in [2.24, 2.45) is 5.92 Å². The van der Waals surface area contributed by atoms with Gasteiger partial charge in [-0.15, -0.1) is 0 Å². The van der Waals surface area contributed by atoms with Crippen molar-refractivity contribution in [3.05, 3.63) is 59.7 Å². The zero-order valence-electron chi connectivity index (χ0n) is 15.2. The number of carbonyl (C=O) groups excluding carboxylic acids is 2. The fraction of sp³-hybridized carbons (Fsp3) is 0.333. The highest BCUT2D eigenvalue weighted by molar-refractivity contribution is 6.05. The molecule has 0 heterocycles. The molecule has 0 unspecified atom stereocenters. The molecule has 2 aromatic rings. The third-order valence-electron chi connectivity index (χ3n) is 4.81. The molecule has 0 aliphatic heterocycles. The highest BCUT2D eigenvalue weighted by Crippen LogP contribution is 2.31. The molecule has 0 spiro atoms. The summed E-state index contributed by atoms with van der Waals surface area (Å²) in [5.74, 6) is -0.235. The normalized spacial score (nSPS) is 14.7. The number of halogens is 3. The number of rotatable bonds is 5. The molecule has 0 bridgehead atoms. The maximum atomic E-state index is 12.8. The molecule has 1 aliphatic carbocycles. The molecule has 2 aromatic carbocycles. The number of nitrogens with one attached hydrogen (secondary N) is 2. The fourth-order valence-corrected chi connectivity index (χ4v) is 3.40. The van der Waals surface area contributed by atoms with Crippen LogP contribution in [-0.2, 0) is 11.0 Å². The van der Waals surface area contributed by atoms with Crippen LogP contribution >= 0.6 is 0 Å². The van der Waals surface area contributed by atoms with Gasteiger partial charge in [0, 0.05) is 23.4 Å². The van der Waals surface area contributed by atoms with E-state index in [1.165, 1.54) is 24.3 Å². The molecular formula is C21H21F3N2O2. The van der Waals surface area contributed by atoms with Crippen molar-refractivity contribution < 1.29 is 22.8 Å². The van der Waals surface area contributed by atoms with Crippen LogP contribution in [0.2, 0.25) is 0 Å². The Balaban J connectivity index is 1.64. The first-order chi connectivity index (χ1) is 13.3. The Hall–Kier alpha value is -2.83. The van der Waals surface area contributed by atoms with Crippen LogP contribution in [0.5, 0.6) is 0 Å². The molecule has 1 aliphatic rings. The van der Waals surface area contributed by atoms with E-state index >= 15 is 0 Å². The smallest absolute Gasteiger partial charge is 0.326 e. The number of anilines is 2. The molecule has 4 nitrogen and oxygen atoms in total. The Labute approximate surface area is 161 Å². The molecule has 148 valence electrons. The Kier molecular flexibility index (Phi) is 6.02. The molecule has 0 aromatic heterocycles. The number of hydrogen-bond acceptors (Lipinski definition) is 2. The van der Waals surface area contributed by atoms with Gasteiger partial charge >= 0.3 is 6.18 Å². The van der Waals surface area contributed by atoms with Crippen LogP contribution in [0.3, 0.4) is 0 Å². The Morgan fingerprint density at radius 1 is 0.929 bits per heavy atom. The summed E-state index contributed by atoms with van der Waals surface area (Å²) in [5, 5.41) is 5.25. The molecule has 0 radical (unpaired) electrons. The van der Waals surface area contributed by atoms with Crippen LogP contribution in [0.15, 0.2) is 48.5 Å². The van der Waals surface area contributed by atoms with Crippen LogP contribution in [0, 0.1) is 5.92 Å². The molecule has 2 N–H and O–H groups in total. The van der Waals surface area contributed by atoms with Crippen molar-refractivity contribution in [1.29, 1.82) is 0 Å². The first-order valence-corrected chi connectivity index (χ1v) is 9.20. The van der Waals surface area contributed by atoms with Crippen LogP contribution < -0.4 is 10.6 Å². The molecule has 28 heavy (non-hydrogen) atoms. The summed E-state index contributed by atoms with van der Waals surface area (Å²) in [7, 11) is 0. The quantitative estimate of drug-likeness (QED) is 0.711. The lowest BCUT2D eigenvalue weighted by Gasteiger charge is -2.12. The third-order valence-corrected chi connectivity index (χ3v) is 4.81. The van der Waals surface area contributed by atoms with E-state index in [-0.39, 0.29) is 17.2 Å². The van der Waals surface area contributed by atoms with Gasteiger partial charge < -0.3 is 10.6 Å². The van der Waals surface area contributed by atoms with Crippen LogP contribution in [0.1, 0.15) is 48.0 Å². The zero-order chi connectivity index (χ0) is 20.1. The van der Waals surface area contributed by atoms with Gasteiger partial charge in [-0.25, -0.2) is 0 Å². The van der Waals surface area contributed by atoms with Crippen molar-refractivity contribution in [2.45, 2.75) is 38.3 Å². The fourth-order valence-electron chi connectivity index (χ4n) is 3.40. The number of hydrogen-bond donors (Lipinski definition) is 2. The second kappa shape index (κ2) is 8.46. The molecule has 2 amide bonds. The van der Waals surface area contributed by atoms with Crippen molar-refractivity contribution in [2.75, 3.05) is 10.6 Å². The predicted molar refractivity (Wildman–Crippen MR) is 101 cm³/mol. The van der Waals surface area contributed by atoms with Gasteiger partial charge in [0.2, 0.25) is 5.91 Å². The topological polar surface area (TPSA) is 58.2 Å². The molecule has 1 saturated carbocycles. The summed E-state index contributed by atoms with van der Waals surface area (Å²) in [6, 6.07) is 10.8. The summed E-state index contributed by atoms with van der Waals surface area (Å²) in [6.45, 7) is 0. The van der Waals surface area contributed by atoms with Crippen molar-refractivity contribution in [3.8, 4) is 0 Å². The minimum Gasteiger partial charge on any atom is -0.326 e. The van der Waals surface area contributed by atoms with Crippen LogP contribution in [-0.4, -0.2) is 11.8 Å². The largest absolute Gasteiger partial charge is 0.416 e. The average molecular weight is 390 g/mol. The summed E-state index contributed by atoms with van der Waals surface area (Å²) in [5.41, 5.74) is -0.0514. The SMILES string of the molecule is O=C(CC1CCCC1)Nc1cccc(C(=O)Nc2cccc(C(F)(F)F)c2)c1. The monoisotopic (exact) mass is 390 g/mol. The van der Waals surface area contributed by atoms with Gasteiger partial charge in [-0.05, 0) is 55.2 Å². The summed E-state index contributed by atoms with van der Waals surface area (Å²) in [6.07, 6.45) is 0.414. The van der Waals surface area contributed by atoms with Crippen molar-refractivity contribution in [1.82, 2.24) is 0 Å². The van der Waals surface area contributed by atoms with Crippen LogP contribution in [0.25, 0.3) is 0 Å². The standard InChI is InChI=1S/C21H21F3N2O2/c22-21(23,24)16-8-4-10-18(13-16)26-20(28)15-7-3-9-17(12-15)25-19(27)11-14-5-1-2-6-14/h3-4,7-10,12-14H,1-2,5-6,11H2,(H,25,27)(H,26,28). The van der Waals surface area contributed by atoms with Gasteiger partial charge in [0.1, 0.15) is 0 Å². The Morgan fingerprint density at radius 3 is 2.25 bits per heavy atom. The van der Waals surface area contributed by atoms with E-state index in [0.717, 1.165) is 37.8 Å². The van der Waals surface area contributed by atoms with Gasteiger partial charge in [-0.3, -0.25) is 9.59 Å². The van der Waals surface area contributed by atoms with E-state index in [1.807, 2.05) is 0 Å². The second-order valence-corrected chi connectivity index (χ2v) is 7.02. The van der Waals surface area contributed by atoms with Crippen molar-refractivity contribution >= 4 is 23.2 Å². The Bertz CT molecular complexity index is 859. The molecule has 7 heteroatoms. The van der Waals surface area contributed by atoms with Gasteiger partial charge in [-0.2, -0.15) is 13.2 Å². The van der Waals surface area contributed by atoms with Gasteiger partial charge in [0.25, 0.3) is 5.91 Å². The average Bonchev–Trinajstić information content (AvgIpc) is 3.14. The summed E-state index contributed by atoms with van der Waals surface area (Å²) < 4.78 is 38.4. The predicted octanol–water partition coefficient (Wildman–Crippen LogP) is 5.48. The first-order valence-electron chi connectivity index (χ1n) is 9.20. The zero-order valence-corrected chi connectivity index (χ0v) is 15.2.